The van der Waals surface area contributed by atoms with Crippen LogP contribution in [0.25, 0.3) is 5.69 Å². The molecule has 177 valence electrons. The number of allylic oxidation sites excluding steroid dienone is 1. The highest BCUT2D eigenvalue weighted by atomic mass is 32.1. The molecule has 0 aliphatic carbocycles. The zero-order valence-electron chi connectivity index (χ0n) is 18.5. The first-order valence-electron chi connectivity index (χ1n) is 10.8. The Morgan fingerprint density at radius 3 is 2.82 bits per heavy atom. The van der Waals surface area contributed by atoms with Gasteiger partial charge in [0.15, 0.2) is 6.73 Å². The molecule has 0 bridgehead atoms. The van der Waals surface area contributed by atoms with Gasteiger partial charge in [0.25, 0.3) is 0 Å². The van der Waals surface area contributed by atoms with Gasteiger partial charge in [-0.15, -0.1) is 0 Å². The number of carboxylic acid groups (broad SMARTS) is 1. The van der Waals surface area contributed by atoms with E-state index in [1.165, 1.54) is 0 Å². The van der Waals surface area contributed by atoms with Crippen molar-refractivity contribution in [2.24, 2.45) is 5.92 Å². The predicted molar refractivity (Wildman–Crippen MR) is 129 cm³/mol. The van der Waals surface area contributed by atoms with E-state index >= 15 is 0 Å². The van der Waals surface area contributed by atoms with Gasteiger partial charge in [-0.25, -0.2) is 4.68 Å². The number of ether oxygens (including phenoxy) is 2. The first kappa shape index (κ1) is 23.3. The molecule has 11 heteroatoms. The van der Waals surface area contributed by atoms with Crippen LogP contribution in [0.5, 0.6) is 5.75 Å². The Hall–Kier alpha value is -3.86. The lowest BCUT2D eigenvalue weighted by molar-refractivity contribution is -0.137. The summed E-state index contributed by atoms with van der Waals surface area (Å²) in [6.07, 6.45) is 2.50. The Labute approximate surface area is 201 Å². The van der Waals surface area contributed by atoms with Gasteiger partial charge >= 0.3 is 5.97 Å². The van der Waals surface area contributed by atoms with Crippen LogP contribution < -0.4 is 15.0 Å². The largest absolute Gasteiger partial charge is 0.497 e. The van der Waals surface area contributed by atoms with Crippen LogP contribution >= 0.6 is 12.2 Å². The van der Waals surface area contributed by atoms with E-state index in [1.807, 2.05) is 73.1 Å². The maximum absolute atomic E-state index is 11.2. The van der Waals surface area contributed by atoms with Gasteiger partial charge in [0.05, 0.1) is 25.3 Å². The molecule has 0 saturated carbocycles. The molecule has 2 aromatic carbocycles. The Balaban J connectivity index is 1.41. The van der Waals surface area contributed by atoms with E-state index in [4.69, 9.17) is 21.7 Å². The molecule has 1 atom stereocenters. The summed E-state index contributed by atoms with van der Waals surface area (Å²) in [5, 5.41) is 22.7. The minimum absolute atomic E-state index is 0.0416. The molecule has 10 nitrogen and oxygen atoms in total. The Morgan fingerprint density at radius 1 is 1.24 bits per heavy atom. The van der Waals surface area contributed by atoms with Crippen LogP contribution in [0.1, 0.15) is 19.8 Å². The molecule has 0 amide bonds. The van der Waals surface area contributed by atoms with Crippen molar-refractivity contribution < 1.29 is 19.4 Å². The molecule has 1 aliphatic heterocycles. The molecule has 1 aromatic heterocycles. The van der Waals surface area contributed by atoms with Crippen molar-refractivity contribution in [1.82, 2.24) is 20.2 Å². The highest BCUT2D eigenvalue weighted by molar-refractivity contribution is 7.71. The Bertz CT molecular complexity index is 1220. The first-order chi connectivity index (χ1) is 16.5. The zero-order chi connectivity index (χ0) is 23.9. The minimum Gasteiger partial charge on any atom is -0.497 e. The van der Waals surface area contributed by atoms with Gasteiger partial charge in [-0.2, -0.15) is 5.21 Å². The van der Waals surface area contributed by atoms with E-state index in [-0.39, 0.29) is 19.1 Å². The molecule has 1 unspecified atom stereocenters. The standard InChI is InChI=1S/C23H25N6O4S/c1-2-32-21-9-16(10-22(30)31)13-28(14-21)18-6-4-8-20(12-18)33-15-24-17-5-3-7-19(11-17)29-23(34)25-26-27-29/h3-8,11-14,16,24H,2,9-10,15H2,1H3,(H,30,31)(H,25,27,34). The van der Waals surface area contributed by atoms with Crippen LogP contribution in [0.3, 0.4) is 0 Å². The molecule has 0 saturated heterocycles. The van der Waals surface area contributed by atoms with Crippen LogP contribution in [0.15, 0.2) is 60.5 Å². The predicted octanol–water partition coefficient (Wildman–Crippen LogP) is 4.11. The fraction of sp³-hybridized carbons (Fsp3) is 0.261. The monoisotopic (exact) mass is 481 g/mol. The molecule has 2 heterocycles. The van der Waals surface area contributed by atoms with E-state index in [0.29, 0.717) is 23.5 Å². The van der Waals surface area contributed by atoms with Gasteiger partial charge in [-0.05, 0) is 55.4 Å². The van der Waals surface area contributed by atoms with Crippen LogP contribution in [0.4, 0.5) is 11.4 Å². The SMILES string of the molecule is CCOC1=CN(c2cccc(OCNc3cccc(-n4[nH]nnc4=S)c3)c2)[CH]C(CC(=O)O)C1. The number of aliphatic carboxylic acids is 1. The molecule has 3 aromatic rings. The van der Waals surface area contributed by atoms with E-state index in [1.54, 1.807) is 4.68 Å². The summed E-state index contributed by atoms with van der Waals surface area (Å²) in [6, 6.07) is 15.2. The summed E-state index contributed by atoms with van der Waals surface area (Å²) in [6.45, 7) is 4.59. The number of rotatable bonds is 10. The van der Waals surface area contributed by atoms with Crippen LogP contribution in [0, 0.1) is 17.2 Å². The number of tetrazole rings is 1. The molecular weight excluding hydrogens is 456 g/mol. The van der Waals surface area contributed by atoms with Gasteiger partial charge in [-0.3, -0.25) is 4.79 Å². The van der Waals surface area contributed by atoms with Gasteiger partial charge in [0, 0.05) is 30.1 Å². The van der Waals surface area contributed by atoms with Crippen LogP contribution in [-0.2, 0) is 9.53 Å². The fourth-order valence-corrected chi connectivity index (χ4v) is 3.82. The van der Waals surface area contributed by atoms with Gasteiger partial charge in [0.2, 0.25) is 4.77 Å². The molecule has 1 aliphatic rings. The second kappa shape index (κ2) is 10.8. The number of benzene rings is 2. The van der Waals surface area contributed by atoms with E-state index < -0.39 is 5.97 Å². The summed E-state index contributed by atoms with van der Waals surface area (Å²) in [5.74, 6) is 0.441. The maximum Gasteiger partial charge on any atom is 0.303 e. The summed E-state index contributed by atoms with van der Waals surface area (Å²) in [4.78, 5) is 13.1. The van der Waals surface area contributed by atoms with Crippen molar-refractivity contribution in [3.05, 3.63) is 71.8 Å². The quantitative estimate of drug-likeness (QED) is 0.290. The lowest BCUT2D eigenvalue weighted by Gasteiger charge is -2.31. The first-order valence-corrected chi connectivity index (χ1v) is 11.2. The topological polar surface area (TPSA) is 118 Å². The molecule has 1 radical (unpaired) electrons. The lowest BCUT2D eigenvalue weighted by atomic mass is 9.96. The summed E-state index contributed by atoms with van der Waals surface area (Å²) in [7, 11) is 0. The van der Waals surface area contributed by atoms with Crippen LogP contribution in [0.2, 0.25) is 0 Å². The third-order valence-electron chi connectivity index (χ3n) is 5.09. The third kappa shape index (κ3) is 5.93. The number of aromatic amines is 1. The molecular formula is C23H25N6O4S. The summed E-state index contributed by atoms with van der Waals surface area (Å²) in [5.41, 5.74) is 2.50. The smallest absolute Gasteiger partial charge is 0.303 e. The molecule has 0 spiro atoms. The molecule has 34 heavy (non-hydrogen) atoms. The summed E-state index contributed by atoms with van der Waals surface area (Å²) < 4.78 is 13.5. The average molecular weight is 482 g/mol. The van der Waals surface area contributed by atoms with Crippen molar-refractivity contribution >= 4 is 29.6 Å². The number of nitrogens with zero attached hydrogens (tertiary/aromatic N) is 4. The number of H-pyrrole nitrogens is 1. The van der Waals surface area contributed by atoms with Gasteiger partial charge < -0.3 is 24.8 Å². The van der Waals surface area contributed by atoms with Crippen LogP contribution in [-0.4, -0.2) is 44.6 Å². The number of hydrogen-bond acceptors (Lipinski definition) is 8. The maximum atomic E-state index is 11.2. The molecule has 0 fully saturated rings. The second-order valence-electron chi connectivity index (χ2n) is 7.58. The third-order valence-corrected chi connectivity index (χ3v) is 5.36. The molecule has 3 N–H and O–H groups in total. The van der Waals surface area contributed by atoms with Crippen molar-refractivity contribution in [2.45, 2.75) is 19.8 Å². The number of hydrogen-bond donors (Lipinski definition) is 3. The molecule has 4 rings (SSSR count). The summed E-state index contributed by atoms with van der Waals surface area (Å²) >= 11 is 5.14. The zero-order valence-corrected chi connectivity index (χ0v) is 19.4. The van der Waals surface area contributed by atoms with E-state index in [9.17, 15) is 9.90 Å². The number of carboxylic acids is 1. The van der Waals surface area contributed by atoms with Gasteiger partial charge in [0.1, 0.15) is 11.5 Å². The van der Waals surface area contributed by atoms with Crippen molar-refractivity contribution in [3.63, 3.8) is 0 Å². The van der Waals surface area contributed by atoms with E-state index in [0.717, 1.165) is 22.8 Å². The lowest BCUT2D eigenvalue weighted by Crippen LogP contribution is -2.27. The minimum atomic E-state index is -0.836. The van der Waals surface area contributed by atoms with Crippen molar-refractivity contribution in [1.29, 1.82) is 0 Å². The highest BCUT2D eigenvalue weighted by Crippen LogP contribution is 2.32. The number of nitrogens with one attached hydrogen (secondary N) is 2. The normalized spacial score (nSPS) is 15.5. The van der Waals surface area contributed by atoms with Crippen molar-refractivity contribution in [3.8, 4) is 11.4 Å². The number of anilines is 2. The average Bonchev–Trinajstić information content (AvgIpc) is 3.25. The Kier molecular flexibility index (Phi) is 7.43. The van der Waals surface area contributed by atoms with E-state index in [2.05, 4.69) is 20.8 Å². The Morgan fingerprint density at radius 2 is 2.06 bits per heavy atom. The number of carbonyl (C=O) groups is 1. The number of aromatic nitrogens is 4. The highest BCUT2D eigenvalue weighted by Gasteiger charge is 2.25. The van der Waals surface area contributed by atoms with Crippen molar-refractivity contribution in [2.75, 3.05) is 23.6 Å². The second-order valence-corrected chi connectivity index (χ2v) is 7.94. The fourth-order valence-electron chi connectivity index (χ4n) is 3.64. The van der Waals surface area contributed by atoms with Gasteiger partial charge in [-0.1, -0.05) is 22.4 Å².